The predicted octanol–water partition coefficient (Wildman–Crippen LogP) is 3.26. The highest BCUT2D eigenvalue weighted by atomic mass is 16.2. The molecule has 1 aliphatic rings. The minimum Gasteiger partial charge on any atom is -0.382 e. The van der Waals surface area contributed by atoms with E-state index in [1.54, 1.807) is 18.2 Å². The Morgan fingerprint density at radius 1 is 1.29 bits per heavy atom. The zero-order chi connectivity index (χ0) is 17.7. The van der Waals surface area contributed by atoms with Gasteiger partial charge in [0.25, 0.3) is 0 Å². The zero-order valence-corrected chi connectivity index (χ0v) is 14.6. The van der Waals surface area contributed by atoms with Crippen LogP contribution in [-0.2, 0) is 4.79 Å². The molecule has 2 unspecified atom stereocenters. The van der Waals surface area contributed by atoms with E-state index in [1.807, 2.05) is 13.8 Å². The summed E-state index contributed by atoms with van der Waals surface area (Å²) in [7, 11) is 0. The number of ketones is 1. The third-order valence-corrected chi connectivity index (χ3v) is 4.36. The molecule has 24 heavy (non-hydrogen) atoms. The van der Waals surface area contributed by atoms with Crippen molar-refractivity contribution in [2.75, 3.05) is 5.32 Å². The minimum atomic E-state index is -0.0353. The van der Waals surface area contributed by atoms with Crippen LogP contribution in [0.3, 0.4) is 0 Å². The van der Waals surface area contributed by atoms with Crippen LogP contribution in [0.4, 0.5) is 5.69 Å². The molecule has 1 aromatic rings. The molecule has 5 heteroatoms. The van der Waals surface area contributed by atoms with Gasteiger partial charge in [0, 0.05) is 29.3 Å². The largest absolute Gasteiger partial charge is 0.382 e. The van der Waals surface area contributed by atoms with Gasteiger partial charge in [-0.1, -0.05) is 6.42 Å². The normalized spacial score (nSPS) is 20.3. The molecule has 2 rings (SSSR count). The number of carbonyl (C=O) groups is 2. The maximum atomic E-state index is 12.2. The summed E-state index contributed by atoms with van der Waals surface area (Å²) >= 11 is 0. The Balaban J connectivity index is 2.11. The molecule has 0 aliphatic heterocycles. The van der Waals surface area contributed by atoms with E-state index < -0.39 is 0 Å². The molecule has 2 N–H and O–H groups in total. The first-order valence-electron chi connectivity index (χ1n) is 8.52. The lowest BCUT2D eigenvalue weighted by atomic mass is 9.84. The maximum Gasteiger partial charge on any atom is 0.223 e. The van der Waals surface area contributed by atoms with Crippen LogP contribution in [0, 0.1) is 17.2 Å². The maximum absolute atomic E-state index is 12.2. The van der Waals surface area contributed by atoms with Gasteiger partial charge in [-0.15, -0.1) is 0 Å². The van der Waals surface area contributed by atoms with Crippen molar-refractivity contribution in [3.05, 3.63) is 29.3 Å². The molecule has 128 valence electrons. The van der Waals surface area contributed by atoms with E-state index in [2.05, 4.69) is 16.7 Å². The van der Waals surface area contributed by atoms with Crippen LogP contribution in [-0.4, -0.2) is 23.8 Å². The van der Waals surface area contributed by atoms with E-state index in [-0.39, 0.29) is 29.7 Å². The Kier molecular flexibility index (Phi) is 5.97. The standard InChI is InChI=1S/C19H25N3O2/c1-12(2)21-19(24)15-5-4-6-16(10-15)22-18-9-14(11-20)7-8-17(18)13(3)23/h7-9,12,15-16,22H,4-6,10H2,1-3H3,(H,21,24). The fourth-order valence-corrected chi connectivity index (χ4v) is 3.22. The highest BCUT2D eigenvalue weighted by Crippen LogP contribution is 2.29. The summed E-state index contributed by atoms with van der Waals surface area (Å²) in [4.78, 5) is 24.1. The van der Waals surface area contributed by atoms with E-state index in [0.717, 1.165) is 25.7 Å². The van der Waals surface area contributed by atoms with Crippen molar-refractivity contribution in [1.82, 2.24) is 5.32 Å². The average Bonchev–Trinajstić information content (AvgIpc) is 2.54. The van der Waals surface area contributed by atoms with Gasteiger partial charge in [-0.25, -0.2) is 0 Å². The first-order valence-corrected chi connectivity index (χ1v) is 8.52. The summed E-state index contributed by atoms with van der Waals surface area (Å²) < 4.78 is 0. The smallest absolute Gasteiger partial charge is 0.223 e. The molecule has 0 spiro atoms. The monoisotopic (exact) mass is 327 g/mol. The van der Waals surface area contributed by atoms with Gasteiger partial charge in [0.15, 0.2) is 5.78 Å². The predicted molar refractivity (Wildman–Crippen MR) is 93.8 cm³/mol. The Morgan fingerprint density at radius 3 is 2.67 bits per heavy atom. The second-order valence-corrected chi connectivity index (χ2v) is 6.80. The van der Waals surface area contributed by atoms with Crippen molar-refractivity contribution in [2.45, 2.75) is 58.5 Å². The number of amides is 1. The molecule has 0 aromatic heterocycles. The molecule has 0 radical (unpaired) electrons. The van der Waals surface area contributed by atoms with Crippen LogP contribution in [0.15, 0.2) is 18.2 Å². The summed E-state index contributed by atoms with van der Waals surface area (Å²) in [5, 5.41) is 15.5. The van der Waals surface area contributed by atoms with Gasteiger partial charge in [0.05, 0.1) is 11.6 Å². The second kappa shape index (κ2) is 7.96. The number of nitrogens with zero attached hydrogens (tertiary/aromatic N) is 1. The quantitative estimate of drug-likeness (QED) is 0.813. The molecular formula is C19H25N3O2. The summed E-state index contributed by atoms with van der Waals surface area (Å²) in [6.07, 6.45) is 3.57. The molecule has 0 bridgehead atoms. The number of nitrogens with one attached hydrogen (secondary N) is 2. The van der Waals surface area contributed by atoms with Gasteiger partial charge < -0.3 is 10.6 Å². The topological polar surface area (TPSA) is 82.0 Å². The Morgan fingerprint density at radius 2 is 2.04 bits per heavy atom. The summed E-state index contributed by atoms with van der Waals surface area (Å²) in [5.41, 5.74) is 1.80. The fraction of sp³-hybridized carbons (Fsp3) is 0.526. The van der Waals surface area contributed by atoms with Gasteiger partial charge in [0.1, 0.15) is 0 Å². The van der Waals surface area contributed by atoms with E-state index in [9.17, 15) is 9.59 Å². The van der Waals surface area contributed by atoms with E-state index in [0.29, 0.717) is 16.8 Å². The molecule has 1 fully saturated rings. The first kappa shape index (κ1) is 18.0. The van der Waals surface area contributed by atoms with Gasteiger partial charge in [-0.3, -0.25) is 9.59 Å². The lowest BCUT2D eigenvalue weighted by Gasteiger charge is -2.30. The number of Topliss-reactive ketones (excluding diaryl/α,β-unsaturated/α-hetero) is 1. The van der Waals surface area contributed by atoms with Crippen molar-refractivity contribution in [1.29, 1.82) is 5.26 Å². The molecular weight excluding hydrogens is 302 g/mol. The van der Waals surface area contributed by atoms with E-state index >= 15 is 0 Å². The molecule has 1 saturated carbocycles. The van der Waals surface area contributed by atoms with Crippen LogP contribution in [0.2, 0.25) is 0 Å². The number of benzene rings is 1. The number of carbonyl (C=O) groups excluding carboxylic acids is 2. The van der Waals surface area contributed by atoms with Crippen LogP contribution in [0.25, 0.3) is 0 Å². The Hall–Kier alpha value is -2.35. The van der Waals surface area contributed by atoms with Crippen molar-refractivity contribution in [2.24, 2.45) is 5.92 Å². The Labute approximate surface area is 143 Å². The van der Waals surface area contributed by atoms with Crippen LogP contribution in [0.1, 0.15) is 62.4 Å². The molecule has 0 saturated heterocycles. The SMILES string of the molecule is CC(=O)c1ccc(C#N)cc1NC1CCCC(C(=O)NC(C)C)C1. The first-order chi connectivity index (χ1) is 11.4. The highest BCUT2D eigenvalue weighted by Gasteiger charge is 2.28. The second-order valence-electron chi connectivity index (χ2n) is 6.80. The molecule has 5 nitrogen and oxygen atoms in total. The zero-order valence-electron chi connectivity index (χ0n) is 14.6. The van der Waals surface area contributed by atoms with Crippen molar-refractivity contribution < 1.29 is 9.59 Å². The number of rotatable bonds is 5. The summed E-state index contributed by atoms with van der Waals surface area (Å²) in [6, 6.07) is 7.44. The lowest BCUT2D eigenvalue weighted by molar-refractivity contribution is -0.126. The van der Waals surface area contributed by atoms with Gasteiger partial charge in [-0.2, -0.15) is 5.26 Å². The van der Waals surface area contributed by atoms with Crippen molar-refractivity contribution >= 4 is 17.4 Å². The van der Waals surface area contributed by atoms with Crippen LogP contribution in [0.5, 0.6) is 0 Å². The third kappa shape index (κ3) is 4.58. The van der Waals surface area contributed by atoms with E-state index in [1.165, 1.54) is 6.92 Å². The fourth-order valence-electron chi connectivity index (χ4n) is 3.22. The highest BCUT2D eigenvalue weighted by molar-refractivity contribution is 5.99. The lowest BCUT2D eigenvalue weighted by Crippen LogP contribution is -2.40. The summed E-state index contributed by atoms with van der Waals surface area (Å²) in [6.45, 7) is 5.44. The molecule has 2 atom stereocenters. The average molecular weight is 327 g/mol. The number of hydrogen-bond acceptors (Lipinski definition) is 4. The third-order valence-electron chi connectivity index (χ3n) is 4.36. The van der Waals surface area contributed by atoms with Crippen LogP contribution >= 0.6 is 0 Å². The number of anilines is 1. The van der Waals surface area contributed by atoms with Crippen molar-refractivity contribution in [3.8, 4) is 6.07 Å². The van der Waals surface area contributed by atoms with Crippen LogP contribution < -0.4 is 10.6 Å². The molecule has 1 aromatic carbocycles. The minimum absolute atomic E-state index is 0.00132. The Bertz CT molecular complexity index is 661. The van der Waals surface area contributed by atoms with Gasteiger partial charge in [0.2, 0.25) is 5.91 Å². The van der Waals surface area contributed by atoms with E-state index in [4.69, 9.17) is 5.26 Å². The number of nitriles is 1. The summed E-state index contributed by atoms with van der Waals surface area (Å²) in [5.74, 6) is 0.0690. The number of hydrogen-bond donors (Lipinski definition) is 2. The molecule has 1 aliphatic carbocycles. The van der Waals surface area contributed by atoms with Gasteiger partial charge in [-0.05, 0) is 58.2 Å². The van der Waals surface area contributed by atoms with Crippen molar-refractivity contribution in [3.63, 3.8) is 0 Å². The molecule has 0 heterocycles. The van der Waals surface area contributed by atoms with Gasteiger partial charge >= 0.3 is 0 Å². The molecule has 1 amide bonds.